The summed E-state index contributed by atoms with van der Waals surface area (Å²) < 4.78 is 26.2. The maximum atomic E-state index is 12.4. The Morgan fingerprint density at radius 3 is 2.67 bits per heavy atom. The van der Waals surface area contributed by atoms with Crippen molar-refractivity contribution < 1.29 is 8.42 Å². The van der Waals surface area contributed by atoms with Gasteiger partial charge in [0.05, 0.1) is 4.90 Å². The Balaban J connectivity index is 3.07. The second-order valence-electron chi connectivity index (χ2n) is 4.04. The maximum absolute atomic E-state index is 12.4. The standard InChI is InChI=1S/C13H20N2O2S/c1-4-5-10-15(3)18(16,17)13-9-7-6-8-12(13)11-14-2/h4,6-9,14H,1,5,10-11H2,2-3H3. The summed E-state index contributed by atoms with van der Waals surface area (Å²) >= 11 is 0. The van der Waals surface area contributed by atoms with Gasteiger partial charge in [0.2, 0.25) is 10.0 Å². The van der Waals surface area contributed by atoms with Crippen LogP contribution in [0, 0.1) is 0 Å². The molecule has 1 rings (SSSR count). The molecule has 100 valence electrons. The summed E-state index contributed by atoms with van der Waals surface area (Å²) in [6.45, 7) is 4.58. The van der Waals surface area contributed by atoms with E-state index in [1.54, 1.807) is 32.3 Å². The first-order valence-electron chi connectivity index (χ1n) is 5.83. The van der Waals surface area contributed by atoms with Gasteiger partial charge in [0.1, 0.15) is 0 Å². The summed E-state index contributed by atoms with van der Waals surface area (Å²) in [5.41, 5.74) is 0.783. The van der Waals surface area contributed by atoms with Crippen molar-refractivity contribution in [2.75, 3.05) is 20.6 Å². The molecule has 0 saturated carbocycles. The summed E-state index contributed by atoms with van der Waals surface area (Å²) in [6, 6.07) is 7.06. The van der Waals surface area contributed by atoms with Gasteiger partial charge in [-0.25, -0.2) is 12.7 Å². The fourth-order valence-corrected chi connectivity index (χ4v) is 3.06. The Morgan fingerprint density at radius 2 is 2.06 bits per heavy atom. The largest absolute Gasteiger partial charge is 0.316 e. The Bertz CT molecular complexity index is 497. The molecule has 18 heavy (non-hydrogen) atoms. The third-order valence-corrected chi connectivity index (χ3v) is 4.63. The van der Waals surface area contributed by atoms with Crippen molar-refractivity contribution in [3.8, 4) is 0 Å². The van der Waals surface area contributed by atoms with Crippen LogP contribution in [-0.4, -0.2) is 33.4 Å². The molecule has 0 radical (unpaired) electrons. The molecule has 0 atom stereocenters. The molecule has 0 unspecified atom stereocenters. The molecule has 0 amide bonds. The molecule has 0 aliphatic heterocycles. The number of rotatable bonds is 7. The fourth-order valence-electron chi connectivity index (χ4n) is 1.65. The summed E-state index contributed by atoms with van der Waals surface area (Å²) in [5.74, 6) is 0. The Hall–Kier alpha value is -1.17. The third-order valence-electron chi connectivity index (χ3n) is 2.68. The van der Waals surface area contributed by atoms with Gasteiger partial charge in [-0.1, -0.05) is 24.3 Å². The van der Waals surface area contributed by atoms with E-state index in [4.69, 9.17) is 0 Å². The van der Waals surface area contributed by atoms with Gasteiger partial charge in [-0.15, -0.1) is 6.58 Å². The number of nitrogens with zero attached hydrogens (tertiary/aromatic N) is 1. The summed E-state index contributed by atoms with van der Waals surface area (Å²) in [4.78, 5) is 0.367. The van der Waals surface area contributed by atoms with Crippen molar-refractivity contribution in [1.82, 2.24) is 9.62 Å². The summed E-state index contributed by atoms with van der Waals surface area (Å²) in [6.07, 6.45) is 2.36. The zero-order chi connectivity index (χ0) is 13.6. The van der Waals surface area contributed by atoms with Gasteiger partial charge in [-0.3, -0.25) is 0 Å². The molecular formula is C13H20N2O2S. The number of sulfonamides is 1. The number of hydrogen-bond acceptors (Lipinski definition) is 3. The quantitative estimate of drug-likeness (QED) is 0.764. The first kappa shape index (κ1) is 14.9. The second kappa shape index (κ2) is 6.68. The lowest BCUT2D eigenvalue weighted by molar-refractivity contribution is 0.474. The van der Waals surface area contributed by atoms with Crippen LogP contribution in [0.1, 0.15) is 12.0 Å². The molecule has 1 N–H and O–H groups in total. The zero-order valence-corrected chi connectivity index (χ0v) is 11.7. The molecule has 4 nitrogen and oxygen atoms in total. The van der Waals surface area contributed by atoms with Crippen LogP contribution >= 0.6 is 0 Å². The van der Waals surface area contributed by atoms with Crippen LogP contribution in [0.2, 0.25) is 0 Å². The maximum Gasteiger partial charge on any atom is 0.243 e. The van der Waals surface area contributed by atoms with Crippen LogP contribution in [0.5, 0.6) is 0 Å². The molecule has 0 bridgehead atoms. The molecule has 0 aliphatic carbocycles. The molecule has 0 fully saturated rings. The van der Waals surface area contributed by atoms with Crippen molar-refractivity contribution in [2.45, 2.75) is 17.9 Å². The minimum absolute atomic E-state index is 0.367. The predicted molar refractivity (Wildman–Crippen MR) is 73.8 cm³/mol. The molecule has 0 saturated heterocycles. The van der Waals surface area contributed by atoms with Crippen molar-refractivity contribution in [2.24, 2.45) is 0 Å². The van der Waals surface area contributed by atoms with Gasteiger partial charge in [-0.05, 0) is 25.1 Å². The fraction of sp³-hybridized carbons (Fsp3) is 0.385. The highest BCUT2D eigenvalue weighted by Crippen LogP contribution is 2.19. The van der Waals surface area contributed by atoms with Crippen molar-refractivity contribution in [1.29, 1.82) is 0 Å². The second-order valence-corrected chi connectivity index (χ2v) is 6.06. The molecular weight excluding hydrogens is 248 g/mol. The summed E-state index contributed by atoms with van der Waals surface area (Å²) in [5, 5.41) is 2.98. The van der Waals surface area contributed by atoms with Crippen molar-refractivity contribution in [3.63, 3.8) is 0 Å². The van der Waals surface area contributed by atoms with Crippen LogP contribution in [0.3, 0.4) is 0 Å². The van der Waals surface area contributed by atoms with Gasteiger partial charge >= 0.3 is 0 Å². The Labute approximate surface area is 109 Å². The van der Waals surface area contributed by atoms with E-state index in [2.05, 4.69) is 11.9 Å². The van der Waals surface area contributed by atoms with Crippen LogP contribution in [0.4, 0.5) is 0 Å². The third kappa shape index (κ3) is 3.41. The van der Waals surface area contributed by atoms with Crippen molar-refractivity contribution >= 4 is 10.0 Å². The lowest BCUT2D eigenvalue weighted by atomic mass is 10.2. The van der Waals surface area contributed by atoms with Gasteiger partial charge in [0, 0.05) is 20.1 Å². The monoisotopic (exact) mass is 268 g/mol. The minimum atomic E-state index is -3.42. The molecule has 0 aliphatic rings. The van der Waals surface area contributed by atoms with E-state index in [0.29, 0.717) is 24.4 Å². The molecule has 5 heteroatoms. The number of benzene rings is 1. The zero-order valence-electron chi connectivity index (χ0n) is 10.9. The molecule has 1 aromatic rings. The van der Waals surface area contributed by atoms with E-state index in [1.165, 1.54) is 4.31 Å². The first-order valence-corrected chi connectivity index (χ1v) is 7.27. The normalized spacial score (nSPS) is 11.7. The molecule has 1 aromatic carbocycles. The van der Waals surface area contributed by atoms with E-state index in [0.717, 1.165) is 5.56 Å². The average Bonchev–Trinajstić information content (AvgIpc) is 2.36. The van der Waals surface area contributed by atoms with Gasteiger partial charge < -0.3 is 5.32 Å². The highest BCUT2D eigenvalue weighted by molar-refractivity contribution is 7.89. The Morgan fingerprint density at radius 1 is 1.39 bits per heavy atom. The van der Waals surface area contributed by atoms with Gasteiger partial charge in [0.25, 0.3) is 0 Å². The number of nitrogens with one attached hydrogen (secondary N) is 1. The van der Waals surface area contributed by atoms with Gasteiger partial charge in [0.15, 0.2) is 0 Å². The lowest BCUT2D eigenvalue weighted by Crippen LogP contribution is -2.29. The highest BCUT2D eigenvalue weighted by atomic mass is 32.2. The molecule has 0 aromatic heterocycles. The predicted octanol–water partition coefficient (Wildman–Crippen LogP) is 1.60. The van der Waals surface area contributed by atoms with Crippen LogP contribution in [0.25, 0.3) is 0 Å². The van der Waals surface area contributed by atoms with E-state index in [-0.39, 0.29) is 0 Å². The van der Waals surface area contributed by atoms with Crippen LogP contribution in [-0.2, 0) is 16.6 Å². The van der Waals surface area contributed by atoms with E-state index in [9.17, 15) is 8.42 Å². The first-order chi connectivity index (χ1) is 8.54. The van der Waals surface area contributed by atoms with E-state index in [1.807, 2.05) is 12.1 Å². The van der Waals surface area contributed by atoms with E-state index >= 15 is 0 Å². The lowest BCUT2D eigenvalue weighted by Gasteiger charge is -2.18. The SMILES string of the molecule is C=CCCN(C)S(=O)(=O)c1ccccc1CNC. The highest BCUT2D eigenvalue weighted by Gasteiger charge is 2.22. The van der Waals surface area contributed by atoms with Crippen LogP contribution < -0.4 is 5.32 Å². The Kier molecular flexibility index (Phi) is 5.53. The molecule has 0 spiro atoms. The molecule has 0 heterocycles. The van der Waals surface area contributed by atoms with Crippen LogP contribution in [0.15, 0.2) is 41.8 Å². The topological polar surface area (TPSA) is 49.4 Å². The van der Waals surface area contributed by atoms with Gasteiger partial charge in [-0.2, -0.15) is 0 Å². The summed E-state index contributed by atoms with van der Waals surface area (Å²) in [7, 11) is -0.0298. The smallest absolute Gasteiger partial charge is 0.243 e. The van der Waals surface area contributed by atoms with E-state index < -0.39 is 10.0 Å². The van der Waals surface area contributed by atoms with Crippen molar-refractivity contribution in [3.05, 3.63) is 42.5 Å². The number of hydrogen-bond donors (Lipinski definition) is 1. The minimum Gasteiger partial charge on any atom is -0.316 e. The average molecular weight is 268 g/mol.